The molecule has 1 aliphatic carbocycles. The summed E-state index contributed by atoms with van der Waals surface area (Å²) in [6, 6.07) is 0.589. The number of nitrogens with zero attached hydrogens (tertiary/aromatic N) is 2. The molecule has 4 heteroatoms. The van der Waals surface area contributed by atoms with E-state index in [2.05, 4.69) is 31.1 Å². The van der Waals surface area contributed by atoms with Crippen molar-refractivity contribution in [2.75, 3.05) is 39.8 Å². The van der Waals surface area contributed by atoms with Crippen molar-refractivity contribution >= 4 is 5.91 Å². The highest BCUT2D eigenvalue weighted by atomic mass is 16.2. The van der Waals surface area contributed by atoms with Crippen molar-refractivity contribution in [2.24, 2.45) is 11.8 Å². The fourth-order valence-corrected chi connectivity index (χ4v) is 3.62. The van der Waals surface area contributed by atoms with Gasteiger partial charge in [0.25, 0.3) is 0 Å². The highest BCUT2D eigenvalue weighted by Gasteiger charge is 2.28. The lowest BCUT2D eigenvalue weighted by atomic mass is 9.80. The zero-order valence-corrected chi connectivity index (χ0v) is 12.7. The average molecular weight is 267 g/mol. The molecule has 1 amide bonds. The first-order valence-corrected chi connectivity index (χ1v) is 7.75. The topological polar surface area (TPSA) is 35.6 Å². The van der Waals surface area contributed by atoms with Crippen LogP contribution in [0.15, 0.2) is 0 Å². The minimum atomic E-state index is 0.301. The van der Waals surface area contributed by atoms with E-state index < -0.39 is 0 Å². The molecular weight excluding hydrogens is 238 g/mol. The molecule has 1 saturated carbocycles. The maximum Gasteiger partial charge on any atom is 0.236 e. The van der Waals surface area contributed by atoms with Gasteiger partial charge in [-0.15, -0.1) is 0 Å². The maximum atomic E-state index is 12.3. The summed E-state index contributed by atoms with van der Waals surface area (Å²) in [7, 11) is 2.12. The summed E-state index contributed by atoms with van der Waals surface area (Å²) >= 11 is 0. The number of amides is 1. The predicted molar refractivity (Wildman–Crippen MR) is 78.0 cm³/mol. The normalized spacial score (nSPS) is 32.6. The number of nitrogens with one attached hydrogen (secondary N) is 1. The van der Waals surface area contributed by atoms with E-state index in [-0.39, 0.29) is 0 Å². The SMILES string of the molecule is CC1CC(C)CC(N(C)CC(=O)N2CCNCC2)C1. The molecule has 1 N–H and O–H groups in total. The van der Waals surface area contributed by atoms with Gasteiger partial charge in [0.05, 0.1) is 6.54 Å². The van der Waals surface area contributed by atoms with E-state index in [1.54, 1.807) is 0 Å². The monoisotopic (exact) mass is 267 g/mol. The van der Waals surface area contributed by atoms with Crippen LogP contribution in [-0.4, -0.2) is 61.5 Å². The van der Waals surface area contributed by atoms with Gasteiger partial charge < -0.3 is 10.2 Å². The molecule has 1 saturated heterocycles. The third-order valence-electron chi connectivity index (χ3n) is 4.63. The lowest BCUT2D eigenvalue weighted by Crippen LogP contribution is -2.50. The van der Waals surface area contributed by atoms with Gasteiger partial charge in [0.15, 0.2) is 0 Å². The summed E-state index contributed by atoms with van der Waals surface area (Å²) < 4.78 is 0. The molecule has 0 aromatic rings. The second-order valence-corrected chi connectivity index (χ2v) is 6.62. The Labute approximate surface area is 117 Å². The highest BCUT2D eigenvalue weighted by molar-refractivity contribution is 5.78. The first-order valence-electron chi connectivity index (χ1n) is 7.75. The van der Waals surface area contributed by atoms with Crippen molar-refractivity contribution in [2.45, 2.75) is 39.2 Å². The molecule has 1 heterocycles. The molecule has 0 aromatic heterocycles. The summed E-state index contributed by atoms with van der Waals surface area (Å²) in [5.74, 6) is 1.89. The number of hydrogen-bond donors (Lipinski definition) is 1. The summed E-state index contributed by atoms with van der Waals surface area (Å²) in [5.41, 5.74) is 0. The van der Waals surface area contributed by atoms with Crippen molar-refractivity contribution in [3.63, 3.8) is 0 Å². The third-order valence-corrected chi connectivity index (χ3v) is 4.63. The average Bonchev–Trinajstić information content (AvgIpc) is 2.38. The van der Waals surface area contributed by atoms with Crippen LogP contribution in [0.3, 0.4) is 0 Å². The van der Waals surface area contributed by atoms with E-state index >= 15 is 0 Å². The maximum absolute atomic E-state index is 12.3. The zero-order valence-electron chi connectivity index (χ0n) is 12.7. The van der Waals surface area contributed by atoms with Crippen molar-refractivity contribution < 1.29 is 4.79 Å². The molecule has 2 unspecified atom stereocenters. The molecule has 2 aliphatic rings. The predicted octanol–water partition coefficient (Wildman–Crippen LogP) is 1.17. The minimum Gasteiger partial charge on any atom is -0.339 e. The van der Waals surface area contributed by atoms with E-state index in [0.29, 0.717) is 18.5 Å². The smallest absolute Gasteiger partial charge is 0.236 e. The molecule has 0 bridgehead atoms. The van der Waals surface area contributed by atoms with E-state index in [1.807, 2.05) is 4.90 Å². The fourth-order valence-electron chi connectivity index (χ4n) is 3.62. The van der Waals surface area contributed by atoms with Crippen LogP contribution < -0.4 is 5.32 Å². The molecule has 0 aromatic carbocycles. The lowest BCUT2D eigenvalue weighted by Gasteiger charge is -2.38. The van der Waals surface area contributed by atoms with Gasteiger partial charge in [-0.25, -0.2) is 0 Å². The van der Waals surface area contributed by atoms with Crippen LogP contribution in [0.4, 0.5) is 0 Å². The molecule has 2 fully saturated rings. The van der Waals surface area contributed by atoms with E-state index in [1.165, 1.54) is 19.3 Å². The van der Waals surface area contributed by atoms with Crippen molar-refractivity contribution in [3.05, 3.63) is 0 Å². The number of carbonyl (C=O) groups is 1. The Morgan fingerprint density at radius 3 is 2.32 bits per heavy atom. The highest BCUT2D eigenvalue weighted by Crippen LogP contribution is 2.30. The van der Waals surface area contributed by atoms with Crippen LogP contribution in [0.1, 0.15) is 33.1 Å². The lowest BCUT2D eigenvalue weighted by molar-refractivity contribution is -0.133. The summed E-state index contributed by atoms with van der Waals surface area (Å²) in [6.07, 6.45) is 3.83. The van der Waals surface area contributed by atoms with Crippen LogP contribution in [0.25, 0.3) is 0 Å². The second-order valence-electron chi connectivity index (χ2n) is 6.62. The summed E-state index contributed by atoms with van der Waals surface area (Å²) in [4.78, 5) is 16.6. The standard InChI is InChI=1S/C15H29N3O/c1-12-8-13(2)10-14(9-12)17(3)11-15(19)18-6-4-16-5-7-18/h12-14,16H,4-11H2,1-3H3. The molecule has 1 aliphatic heterocycles. The molecule has 2 rings (SSSR count). The van der Waals surface area contributed by atoms with Gasteiger partial charge >= 0.3 is 0 Å². The van der Waals surface area contributed by atoms with Crippen LogP contribution in [-0.2, 0) is 4.79 Å². The Hall–Kier alpha value is -0.610. The second kappa shape index (κ2) is 6.71. The zero-order chi connectivity index (χ0) is 13.8. The van der Waals surface area contributed by atoms with Crippen molar-refractivity contribution in [1.29, 1.82) is 0 Å². The number of rotatable bonds is 3. The van der Waals surface area contributed by atoms with Gasteiger partial charge in [-0.1, -0.05) is 13.8 Å². The summed E-state index contributed by atoms with van der Waals surface area (Å²) in [5, 5.41) is 3.29. The number of hydrogen-bond acceptors (Lipinski definition) is 3. The Balaban J connectivity index is 1.82. The molecule has 19 heavy (non-hydrogen) atoms. The van der Waals surface area contributed by atoms with E-state index in [9.17, 15) is 4.79 Å². The fraction of sp³-hybridized carbons (Fsp3) is 0.933. The van der Waals surface area contributed by atoms with Gasteiger partial charge in [-0.05, 0) is 38.1 Å². The van der Waals surface area contributed by atoms with Crippen LogP contribution in [0.2, 0.25) is 0 Å². The molecule has 0 spiro atoms. The first kappa shape index (κ1) is 14.8. The van der Waals surface area contributed by atoms with Crippen LogP contribution >= 0.6 is 0 Å². The molecule has 0 radical (unpaired) electrons. The van der Waals surface area contributed by atoms with Gasteiger partial charge in [0, 0.05) is 32.2 Å². The van der Waals surface area contributed by atoms with Gasteiger partial charge in [0.1, 0.15) is 0 Å². The Kier molecular flexibility index (Phi) is 5.22. The summed E-state index contributed by atoms with van der Waals surface area (Å²) in [6.45, 7) is 8.88. The molecule has 110 valence electrons. The largest absolute Gasteiger partial charge is 0.339 e. The van der Waals surface area contributed by atoms with Gasteiger partial charge in [-0.2, -0.15) is 0 Å². The van der Waals surface area contributed by atoms with Crippen LogP contribution in [0, 0.1) is 11.8 Å². The molecule has 4 nitrogen and oxygen atoms in total. The van der Waals surface area contributed by atoms with Crippen molar-refractivity contribution in [3.8, 4) is 0 Å². The Bertz CT molecular complexity index is 292. The quantitative estimate of drug-likeness (QED) is 0.834. The number of likely N-dealkylation sites (N-methyl/N-ethyl adjacent to an activating group) is 1. The molecular formula is C15H29N3O. The number of carbonyl (C=O) groups excluding carboxylic acids is 1. The van der Waals surface area contributed by atoms with Gasteiger partial charge in [-0.3, -0.25) is 9.69 Å². The van der Waals surface area contributed by atoms with Crippen molar-refractivity contribution in [1.82, 2.24) is 15.1 Å². The van der Waals surface area contributed by atoms with E-state index in [4.69, 9.17) is 0 Å². The Morgan fingerprint density at radius 1 is 1.16 bits per heavy atom. The number of piperazine rings is 1. The van der Waals surface area contributed by atoms with Crippen LogP contribution in [0.5, 0.6) is 0 Å². The van der Waals surface area contributed by atoms with E-state index in [0.717, 1.165) is 38.0 Å². The third kappa shape index (κ3) is 4.18. The minimum absolute atomic E-state index is 0.301. The van der Waals surface area contributed by atoms with Gasteiger partial charge in [0.2, 0.25) is 5.91 Å². The molecule has 2 atom stereocenters. The first-order chi connectivity index (χ1) is 9.06. The Morgan fingerprint density at radius 2 is 1.74 bits per heavy atom.